The molecule has 4 amide bonds. The number of hydrogen-bond donors (Lipinski definition) is 8. The van der Waals surface area contributed by atoms with Crippen LogP contribution in [0, 0.1) is 0 Å². The summed E-state index contributed by atoms with van der Waals surface area (Å²) in [5.41, 5.74) is 7.28. The van der Waals surface area contributed by atoms with Crippen LogP contribution in [0.2, 0.25) is 0 Å². The van der Waals surface area contributed by atoms with E-state index in [0.29, 0.717) is 11.1 Å². The fourth-order valence-electron chi connectivity index (χ4n) is 3.31. The summed E-state index contributed by atoms with van der Waals surface area (Å²) in [6, 6.07) is 11.1. The number of phenolic OH excluding ortho intramolecular Hbond substituents is 1. The first-order valence-electron chi connectivity index (χ1n) is 11.6. The summed E-state index contributed by atoms with van der Waals surface area (Å²) in [5, 5.41) is 37.0. The molecule has 2 aromatic carbocycles. The second-order valence-electron chi connectivity index (χ2n) is 8.36. The van der Waals surface area contributed by atoms with Crippen LogP contribution < -0.4 is 27.0 Å². The highest BCUT2D eigenvalue weighted by Crippen LogP contribution is 2.11. The van der Waals surface area contributed by atoms with Crippen LogP contribution in [0.25, 0.3) is 0 Å². The molecule has 0 saturated carbocycles. The van der Waals surface area contributed by atoms with Crippen LogP contribution in [0.15, 0.2) is 54.6 Å². The average molecular weight is 530 g/mol. The van der Waals surface area contributed by atoms with Gasteiger partial charge in [-0.3, -0.25) is 24.0 Å². The molecule has 0 heterocycles. The van der Waals surface area contributed by atoms with Gasteiger partial charge >= 0.3 is 5.97 Å². The number of aliphatic hydroxyl groups is 1. The number of hydrogen-bond acceptors (Lipinski definition) is 8. The van der Waals surface area contributed by atoms with Gasteiger partial charge in [-0.05, 0) is 29.7 Å². The summed E-state index contributed by atoms with van der Waals surface area (Å²) in [4.78, 5) is 60.5. The molecule has 204 valence electrons. The largest absolute Gasteiger partial charge is 0.508 e. The van der Waals surface area contributed by atoms with Crippen LogP contribution in [0.5, 0.6) is 5.75 Å². The van der Waals surface area contributed by atoms with Crippen molar-refractivity contribution in [3.63, 3.8) is 0 Å². The van der Waals surface area contributed by atoms with Crippen LogP contribution in [-0.4, -0.2) is 82.7 Å². The molecule has 0 unspecified atom stereocenters. The first-order valence-corrected chi connectivity index (χ1v) is 11.6. The number of benzene rings is 2. The molecule has 0 aliphatic carbocycles. The van der Waals surface area contributed by atoms with Gasteiger partial charge < -0.3 is 42.3 Å². The van der Waals surface area contributed by atoms with E-state index in [-0.39, 0.29) is 18.6 Å². The van der Waals surface area contributed by atoms with E-state index >= 15 is 0 Å². The standard InChI is InChI=1S/C25H31N5O8/c26-18(10-16-6-8-17(32)9-7-16)23(36)30-20(14-31)25(38)29-19(11-15-4-2-1-3-5-15)24(37)28-12-21(33)27-13-22(34)35/h1-9,18-20,31-32H,10-14,26H2,(H,27,33)(H,28,37)(H,29,38)(H,30,36)(H,34,35)/t18-,19-,20-/m0/s1. The Hall–Kier alpha value is -4.49. The Labute approximate surface area is 218 Å². The van der Waals surface area contributed by atoms with Gasteiger partial charge in [0, 0.05) is 6.42 Å². The molecule has 0 aliphatic rings. The minimum absolute atomic E-state index is 0.0294. The number of aliphatic carboxylic acids is 1. The highest BCUT2D eigenvalue weighted by Gasteiger charge is 2.28. The molecule has 2 aromatic rings. The third-order valence-corrected chi connectivity index (χ3v) is 5.32. The van der Waals surface area contributed by atoms with Gasteiger partial charge in [0.2, 0.25) is 23.6 Å². The molecule has 0 aromatic heterocycles. The first-order chi connectivity index (χ1) is 18.1. The fraction of sp³-hybridized carbons (Fsp3) is 0.320. The van der Waals surface area contributed by atoms with Gasteiger partial charge in [-0.1, -0.05) is 42.5 Å². The summed E-state index contributed by atoms with van der Waals surface area (Å²) < 4.78 is 0. The molecule has 3 atom stereocenters. The zero-order valence-electron chi connectivity index (χ0n) is 20.4. The van der Waals surface area contributed by atoms with Crippen LogP contribution in [-0.2, 0) is 36.8 Å². The van der Waals surface area contributed by atoms with E-state index in [4.69, 9.17) is 10.8 Å². The molecule has 0 bridgehead atoms. The molecule has 2 rings (SSSR count). The van der Waals surface area contributed by atoms with Crippen molar-refractivity contribution in [2.24, 2.45) is 5.73 Å². The van der Waals surface area contributed by atoms with E-state index in [0.717, 1.165) is 0 Å². The van der Waals surface area contributed by atoms with Crippen molar-refractivity contribution in [2.75, 3.05) is 19.7 Å². The number of aromatic hydroxyl groups is 1. The Morgan fingerprint density at radius 1 is 0.737 bits per heavy atom. The maximum Gasteiger partial charge on any atom is 0.322 e. The SMILES string of the molecule is N[C@@H](Cc1ccc(O)cc1)C(=O)N[C@@H](CO)C(=O)N[C@@H](Cc1ccccc1)C(=O)NCC(=O)NCC(=O)O. The number of carbonyl (C=O) groups excluding carboxylic acids is 4. The number of nitrogens with two attached hydrogens (primary N) is 1. The van der Waals surface area contributed by atoms with E-state index in [9.17, 15) is 34.2 Å². The highest BCUT2D eigenvalue weighted by atomic mass is 16.4. The molecule has 0 spiro atoms. The normalized spacial score (nSPS) is 12.9. The molecule has 13 heteroatoms. The van der Waals surface area contributed by atoms with Crippen LogP contribution in [0.3, 0.4) is 0 Å². The van der Waals surface area contributed by atoms with Gasteiger partial charge in [-0.15, -0.1) is 0 Å². The molecule has 13 nitrogen and oxygen atoms in total. The first kappa shape index (κ1) is 29.7. The maximum absolute atomic E-state index is 12.9. The number of carboxylic acids is 1. The molecular formula is C25H31N5O8. The van der Waals surface area contributed by atoms with Crippen molar-refractivity contribution in [2.45, 2.75) is 31.0 Å². The van der Waals surface area contributed by atoms with Crippen molar-refractivity contribution in [1.82, 2.24) is 21.3 Å². The topological polar surface area (TPSA) is 220 Å². The lowest BCUT2D eigenvalue weighted by Gasteiger charge is -2.23. The summed E-state index contributed by atoms with van der Waals surface area (Å²) in [6.45, 7) is -1.92. The highest BCUT2D eigenvalue weighted by molar-refractivity contribution is 5.94. The van der Waals surface area contributed by atoms with Crippen molar-refractivity contribution >= 4 is 29.6 Å². The maximum atomic E-state index is 12.9. The van der Waals surface area contributed by atoms with Crippen molar-refractivity contribution < 1.29 is 39.3 Å². The Kier molecular flexibility index (Phi) is 11.7. The average Bonchev–Trinajstić information content (AvgIpc) is 2.90. The summed E-state index contributed by atoms with van der Waals surface area (Å²) in [5.74, 6) is -4.25. The van der Waals surface area contributed by atoms with E-state index in [1.807, 2.05) is 0 Å². The van der Waals surface area contributed by atoms with Crippen LogP contribution in [0.1, 0.15) is 11.1 Å². The predicted molar refractivity (Wildman–Crippen MR) is 135 cm³/mol. The lowest BCUT2D eigenvalue weighted by molar-refractivity contribution is -0.138. The second kappa shape index (κ2) is 14.9. The zero-order chi connectivity index (χ0) is 28.1. The molecular weight excluding hydrogens is 498 g/mol. The lowest BCUT2D eigenvalue weighted by atomic mass is 10.0. The van der Waals surface area contributed by atoms with Crippen molar-refractivity contribution in [3.05, 3.63) is 65.7 Å². The van der Waals surface area contributed by atoms with Gasteiger partial charge in [-0.25, -0.2) is 0 Å². The number of phenols is 1. The summed E-state index contributed by atoms with van der Waals surface area (Å²) in [6.07, 6.45) is 0.135. The second-order valence-corrected chi connectivity index (χ2v) is 8.36. The lowest BCUT2D eigenvalue weighted by Crippen LogP contribution is -2.58. The smallest absolute Gasteiger partial charge is 0.322 e. The Bertz CT molecular complexity index is 1110. The Morgan fingerprint density at radius 2 is 1.34 bits per heavy atom. The molecule has 9 N–H and O–H groups in total. The van der Waals surface area contributed by atoms with E-state index in [2.05, 4.69) is 21.3 Å². The third kappa shape index (κ3) is 10.2. The Balaban J connectivity index is 2.03. The fourth-order valence-corrected chi connectivity index (χ4v) is 3.31. The van der Waals surface area contributed by atoms with Crippen molar-refractivity contribution in [3.8, 4) is 5.75 Å². The van der Waals surface area contributed by atoms with Crippen LogP contribution in [0.4, 0.5) is 0 Å². The summed E-state index contributed by atoms with van der Waals surface area (Å²) in [7, 11) is 0. The minimum atomic E-state index is -1.42. The third-order valence-electron chi connectivity index (χ3n) is 5.32. The van der Waals surface area contributed by atoms with E-state index in [1.54, 1.807) is 42.5 Å². The van der Waals surface area contributed by atoms with Gasteiger partial charge in [-0.2, -0.15) is 0 Å². The predicted octanol–water partition coefficient (Wildman–Crippen LogP) is -2.22. The van der Waals surface area contributed by atoms with E-state index in [1.165, 1.54) is 12.1 Å². The molecule has 0 radical (unpaired) electrons. The van der Waals surface area contributed by atoms with Gasteiger partial charge in [0.1, 0.15) is 24.4 Å². The zero-order valence-corrected chi connectivity index (χ0v) is 20.4. The number of carboxylic acid groups (broad SMARTS) is 1. The van der Waals surface area contributed by atoms with Gasteiger partial charge in [0.05, 0.1) is 19.2 Å². The van der Waals surface area contributed by atoms with Gasteiger partial charge in [0.15, 0.2) is 0 Å². The number of carbonyl (C=O) groups is 5. The molecule has 0 fully saturated rings. The molecule has 0 aliphatic heterocycles. The summed E-state index contributed by atoms with van der Waals surface area (Å²) >= 11 is 0. The number of rotatable bonds is 14. The monoisotopic (exact) mass is 529 g/mol. The van der Waals surface area contributed by atoms with Crippen molar-refractivity contribution in [1.29, 1.82) is 0 Å². The number of nitrogens with one attached hydrogen (secondary N) is 4. The number of amides is 4. The number of aliphatic hydroxyl groups excluding tert-OH is 1. The Morgan fingerprint density at radius 3 is 1.95 bits per heavy atom. The van der Waals surface area contributed by atoms with E-state index < -0.39 is 67.4 Å². The van der Waals surface area contributed by atoms with Crippen LogP contribution >= 0.6 is 0 Å². The molecule has 38 heavy (non-hydrogen) atoms. The van der Waals surface area contributed by atoms with Gasteiger partial charge in [0.25, 0.3) is 0 Å². The quantitative estimate of drug-likeness (QED) is 0.133. The minimum Gasteiger partial charge on any atom is -0.508 e. The molecule has 0 saturated heterocycles.